The van der Waals surface area contributed by atoms with Crippen molar-refractivity contribution in [1.82, 2.24) is 0 Å². The normalized spacial score (nSPS) is 11.6. The van der Waals surface area contributed by atoms with Crippen LogP contribution in [0, 0.1) is 0 Å². The van der Waals surface area contributed by atoms with E-state index in [9.17, 15) is 0 Å². The van der Waals surface area contributed by atoms with Crippen molar-refractivity contribution in [3.8, 4) is 33.4 Å². The molecule has 11 aromatic rings. The second-order valence-corrected chi connectivity index (χ2v) is 14.5. The van der Waals surface area contributed by atoms with Crippen molar-refractivity contribution in [3.05, 3.63) is 212 Å². The van der Waals surface area contributed by atoms with Gasteiger partial charge in [-0.05, 0) is 103 Å². The standard InChI is InChI=1S/C54H35NO/c1-2-14-40-34-41(25-24-36(40)12-1)37-26-30-42(31-27-37)55(43-32-28-39(29-33-43)45-21-11-15-38-13-3-4-16-44(38)45)52-22-9-7-18-47(52)50-35-51-48-19-8-10-23-53(48)56-54(51)49-20-6-5-17-46(49)50/h1-35H. The predicted octanol–water partition coefficient (Wildman–Crippen LogP) is 15.5. The van der Waals surface area contributed by atoms with Gasteiger partial charge in [0.2, 0.25) is 0 Å². The van der Waals surface area contributed by atoms with Crippen LogP contribution in [0.4, 0.5) is 17.1 Å². The molecule has 1 aromatic heterocycles. The molecule has 0 saturated carbocycles. The Kier molecular flexibility index (Phi) is 7.53. The number of hydrogen-bond donors (Lipinski definition) is 0. The second-order valence-electron chi connectivity index (χ2n) is 14.5. The first-order valence-electron chi connectivity index (χ1n) is 19.2. The molecule has 0 aliphatic rings. The van der Waals surface area contributed by atoms with Crippen molar-refractivity contribution in [3.63, 3.8) is 0 Å². The van der Waals surface area contributed by atoms with Gasteiger partial charge in [-0.3, -0.25) is 0 Å². The van der Waals surface area contributed by atoms with Gasteiger partial charge in [0.1, 0.15) is 11.2 Å². The lowest BCUT2D eigenvalue weighted by Crippen LogP contribution is -2.11. The van der Waals surface area contributed by atoms with Crippen LogP contribution in [0.3, 0.4) is 0 Å². The molecule has 0 spiro atoms. The van der Waals surface area contributed by atoms with Crippen LogP contribution in [0.5, 0.6) is 0 Å². The number of furan rings is 1. The van der Waals surface area contributed by atoms with E-state index in [0.717, 1.165) is 55.3 Å². The molecule has 2 heteroatoms. The Morgan fingerprint density at radius 1 is 0.304 bits per heavy atom. The average Bonchev–Trinajstić information content (AvgIpc) is 3.65. The molecule has 0 saturated heterocycles. The van der Waals surface area contributed by atoms with E-state index in [1.54, 1.807) is 0 Å². The topological polar surface area (TPSA) is 16.4 Å². The Labute approximate surface area is 325 Å². The summed E-state index contributed by atoms with van der Waals surface area (Å²) in [4.78, 5) is 2.40. The third kappa shape index (κ3) is 5.34. The zero-order valence-electron chi connectivity index (χ0n) is 30.6. The summed E-state index contributed by atoms with van der Waals surface area (Å²) in [7, 11) is 0. The molecule has 11 rings (SSSR count). The van der Waals surface area contributed by atoms with Gasteiger partial charge in [0.25, 0.3) is 0 Å². The lowest BCUT2D eigenvalue weighted by atomic mass is 9.93. The zero-order chi connectivity index (χ0) is 37.0. The average molecular weight is 714 g/mol. The molecular formula is C54H35NO. The van der Waals surface area contributed by atoms with Crippen molar-refractivity contribution in [2.24, 2.45) is 0 Å². The number of fused-ring (bicyclic) bond motifs is 7. The molecule has 56 heavy (non-hydrogen) atoms. The van der Waals surface area contributed by atoms with Crippen LogP contribution in [0.1, 0.15) is 0 Å². The van der Waals surface area contributed by atoms with Crippen LogP contribution >= 0.6 is 0 Å². The molecule has 0 radical (unpaired) electrons. The Morgan fingerprint density at radius 2 is 0.875 bits per heavy atom. The first-order valence-corrected chi connectivity index (χ1v) is 19.2. The minimum Gasteiger partial charge on any atom is -0.455 e. The minimum absolute atomic E-state index is 0.900. The Balaban J connectivity index is 1.10. The van der Waals surface area contributed by atoms with E-state index in [1.807, 2.05) is 6.07 Å². The third-order valence-corrected chi connectivity index (χ3v) is 11.3. The van der Waals surface area contributed by atoms with Gasteiger partial charge in [-0.25, -0.2) is 0 Å². The first kappa shape index (κ1) is 32.0. The molecule has 0 aliphatic heterocycles. The van der Waals surface area contributed by atoms with Gasteiger partial charge < -0.3 is 9.32 Å². The van der Waals surface area contributed by atoms with Gasteiger partial charge in [0, 0.05) is 33.1 Å². The Morgan fingerprint density at radius 3 is 1.68 bits per heavy atom. The molecule has 0 unspecified atom stereocenters. The van der Waals surface area contributed by atoms with Crippen LogP contribution in [0.2, 0.25) is 0 Å². The van der Waals surface area contributed by atoms with E-state index in [2.05, 4.69) is 211 Å². The van der Waals surface area contributed by atoms with E-state index in [4.69, 9.17) is 4.42 Å². The van der Waals surface area contributed by atoms with Crippen molar-refractivity contribution < 1.29 is 4.42 Å². The Bertz CT molecular complexity index is 3240. The van der Waals surface area contributed by atoms with Gasteiger partial charge in [0.05, 0.1) is 5.69 Å². The molecule has 0 atom stereocenters. The summed E-state index contributed by atoms with van der Waals surface area (Å²) >= 11 is 0. The van der Waals surface area contributed by atoms with Crippen molar-refractivity contribution in [2.75, 3.05) is 4.90 Å². The minimum atomic E-state index is 0.900. The number of nitrogens with zero attached hydrogens (tertiary/aromatic N) is 1. The van der Waals surface area contributed by atoms with Crippen LogP contribution in [0.15, 0.2) is 217 Å². The molecule has 2 nitrogen and oxygen atoms in total. The summed E-state index contributed by atoms with van der Waals surface area (Å²) in [6.45, 7) is 0. The molecule has 262 valence electrons. The van der Waals surface area contributed by atoms with Gasteiger partial charge in [-0.15, -0.1) is 0 Å². The monoisotopic (exact) mass is 713 g/mol. The number of hydrogen-bond acceptors (Lipinski definition) is 2. The summed E-state index contributed by atoms with van der Waals surface area (Å²) in [6.07, 6.45) is 0. The van der Waals surface area contributed by atoms with Crippen molar-refractivity contribution in [2.45, 2.75) is 0 Å². The summed E-state index contributed by atoms with van der Waals surface area (Å²) in [5, 5.41) is 9.49. The highest BCUT2D eigenvalue weighted by atomic mass is 16.3. The third-order valence-electron chi connectivity index (χ3n) is 11.3. The molecular weight excluding hydrogens is 679 g/mol. The fourth-order valence-corrected chi connectivity index (χ4v) is 8.53. The van der Waals surface area contributed by atoms with Gasteiger partial charge in [-0.2, -0.15) is 0 Å². The highest BCUT2D eigenvalue weighted by Crippen LogP contribution is 2.46. The molecule has 1 heterocycles. The molecule has 0 N–H and O–H groups in total. The summed E-state index contributed by atoms with van der Waals surface area (Å²) in [6, 6.07) is 76.6. The molecule has 0 aliphatic carbocycles. The molecule has 0 fully saturated rings. The quantitative estimate of drug-likeness (QED) is 0.171. The SMILES string of the molecule is c1ccc(N(c2ccc(-c3ccc4ccccc4c3)cc2)c2ccc(-c3cccc4ccccc34)cc2)c(-c2cc3c4ccccc4oc3c3ccccc23)c1. The van der Waals surface area contributed by atoms with E-state index in [1.165, 1.54) is 49.4 Å². The fraction of sp³-hybridized carbons (Fsp3) is 0. The highest BCUT2D eigenvalue weighted by molar-refractivity contribution is 6.20. The van der Waals surface area contributed by atoms with E-state index in [0.29, 0.717) is 0 Å². The first-order chi connectivity index (χ1) is 27.8. The molecule has 0 bridgehead atoms. The lowest BCUT2D eigenvalue weighted by molar-refractivity contribution is 0.672. The van der Waals surface area contributed by atoms with Gasteiger partial charge in [0.15, 0.2) is 0 Å². The lowest BCUT2D eigenvalue weighted by Gasteiger charge is -2.28. The van der Waals surface area contributed by atoms with Crippen molar-refractivity contribution in [1.29, 1.82) is 0 Å². The van der Waals surface area contributed by atoms with Crippen LogP contribution in [-0.4, -0.2) is 0 Å². The number of benzene rings is 10. The van der Waals surface area contributed by atoms with Crippen LogP contribution in [0.25, 0.3) is 87.6 Å². The maximum Gasteiger partial charge on any atom is 0.143 e. The van der Waals surface area contributed by atoms with Crippen LogP contribution < -0.4 is 4.90 Å². The van der Waals surface area contributed by atoms with E-state index >= 15 is 0 Å². The van der Waals surface area contributed by atoms with Gasteiger partial charge >= 0.3 is 0 Å². The smallest absolute Gasteiger partial charge is 0.143 e. The van der Waals surface area contributed by atoms with E-state index in [-0.39, 0.29) is 0 Å². The summed E-state index contributed by atoms with van der Waals surface area (Å²) < 4.78 is 6.51. The second kappa shape index (κ2) is 13.2. The fourth-order valence-electron chi connectivity index (χ4n) is 8.53. The maximum atomic E-state index is 6.51. The highest BCUT2D eigenvalue weighted by Gasteiger charge is 2.21. The number of anilines is 3. The number of para-hydroxylation sites is 2. The maximum absolute atomic E-state index is 6.51. The van der Waals surface area contributed by atoms with Gasteiger partial charge in [-0.1, -0.05) is 164 Å². The predicted molar refractivity (Wildman–Crippen MR) is 237 cm³/mol. The number of rotatable bonds is 6. The molecule has 0 amide bonds. The Hall–Kier alpha value is -7.42. The van der Waals surface area contributed by atoms with Crippen LogP contribution in [-0.2, 0) is 0 Å². The van der Waals surface area contributed by atoms with E-state index < -0.39 is 0 Å². The summed E-state index contributed by atoms with van der Waals surface area (Å²) in [5.41, 5.74) is 12.2. The summed E-state index contributed by atoms with van der Waals surface area (Å²) in [5.74, 6) is 0. The largest absolute Gasteiger partial charge is 0.455 e. The van der Waals surface area contributed by atoms with Crippen molar-refractivity contribution >= 4 is 71.3 Å². The zero-order valence-corrected chi connectivity index (χ0v) is 30.6. The molecule has 10 aromatic carbocycles.